The van der Waals surface area contributed by atoms with Crippen LogP contribution in [0, 0.1) is 11.3 Å². The highest BCUT2D eigenvalue weighted by Gasteiger charge is 2.37. The van der Waals surface area contributed by atoms with Crippen molar-refractivity contribution in [2.24, 2.45) is 11.3 Å². The molecule has 1 unspecified atom stereocenters. The van der Waals surface area contributed by atoms with E-state index in [4.69, 9.17) is 0 Å². The van der Waals surface area contributed by atoms with Crippen LogP contribution in [0.3, 0.4) is 0 Å². The summed E-state index contributed by atoms with van der Waals surface area (Å²) in [5.74, 6) is 0.678. The number of aldehydes is 1. The highest BCUT2D eigenvalue weighted by molar-refractivity contribution is 7.13. The maximum Gasteiger partial charge on any atom is 0.160 e. The number of nitrogens with zero attached hydrogens (tertiary/aromatic N) is 1. The van der Waals surface area contributed by atoms with E-state index in [1.165, 1.54) is 10.4 Å². The van der Waals surface area contributed by atoms with Gasteiger partial charge in [-0.2, -0.15) is 0 Å². The van der Waals surface area contributed by atoms with Crippen LogP contribution in [0.15, 0.2) is 6.07 Å². The van der Waals surface area contributed by atoms with Crippen LogP contribution >= 0.6 is 11.3 Å². The molecular formula is C16H25NOS. The molecule has 0 aromatic carbocycles. The average molecular weight is 279 g/mol. The Labute approximate surface area is 120 Å². The van der Waals surface area contributed by atoms with Crippen LogP contribution in [-0.2, 0) is 6.42 Å². The zero-order chi connectivity index (χ0) is 14.2. The van der Waals surface area contributed by atoms with E-state index in [9.17, 15) is 4.79 Å². The second kappa shape index (κ2) is 5.37. The van der Waals surface area contributed by atoms with Gasteiger partial charge in [0.15, 0.2) is 6.29 Å². The van der Waals surface area contributed by atoms with Crippen LogP contribution in [-0.4, -0.2) is 24.3 Å². The highest BCUT2D eigenvalue weighted by Crippen LogP contribution is 2.45. The van der Waals surface area contributed by atoms with Gasteiger partial charge in [-0.1, -0.05) is 34.6 Å². The van der Waals surface area contributed by atoms with Gasteiger partial charge in [0.2, 0.25) is 0 Å². The third-order valence-corrected chi connectivity index (χ3v) is 4.83. The van der Waals surface area contributed by atoms with Gasteiger partial charge in [-0.05, 0) is 29.4 Å². The Morgan fingerprint density at radius 3 is 2.68 bits per heavy atom. The number of rotatable bonds is 3. The molecule has 0 spiro atoms. The van der Waals surface area contributed by atoms with Crippen molar-refractivity contribution in [3.05, 3.63) is 21.4 Å². The number of carbonyl (C=O) groups is 1. The summed E-state index contributed by atoms with van der Waals surface area (Å²) in [5.41, 5.74) is 1.60. The minimum atomic E-state index is 0.203. The molecule has 1 aromatic rings. The summed E-state index contributed by atoms with van der Waals surface area (Å²) in [6, 6.07) is 2.54. The molecule has 1 aliphatic heterocycles. The van der Waals surface area contributed by atoms with Crippen LogP contribution in [0.5, 0.6) is 0 Å². The summed E-state index contributed by atoms with van der Waals surface area (Å²) in [5, 5.41) is 0. The summed E-state index contributed by atoms with van der Waals surface area (Å²) in [4.78, 5) is 15.9. The molecule has 3 heteroatoms. The fourth-order valence-corrected chi connectivity index (χ4v) is 4.52. The molecule has 1 aliphatic rings. The minimum Gasteiger partial charge on any atom is -0.297 e. The maximum atomic E-state index is 11.0. The van der Waals surface area contributed by atoms with Crippen molar-refractivity contribution >= 4 is 17.6 Å². The molecule has 1 aromatic heterocycles. The quantitative estimate of drug-likeness (QED) is 0.774. The van der Waals surface area contributed by atoms with Gasteiger partial charge in [0, 0.05) is 24.0 Å². The molecule has 2 nitrogen and oxygen atoms in total. The molecule has 19 heavy (non-hydrogen) atoms. The number of hydrogen-bond acceptors (Lipinski definition) is 3. The molecule has 0 radical (unpaired) electrons. The molecule has 2 heterocycles. The molecule has 0 aliphatic carbocycles. The summed E-state index contributed by atoms with van der Waals surface area (Å²) in [7, 11) is 0. The lowest BCUT2D eigenvalue weighted by Gasteiger charge is -2.44. The van der Waals surface area contributed by atoms with E-state index in [1.54, 1.807) is 11.3 Å². The average Bonchev–Trinajstić information content (AvgIpc) is 2.68. The minimum absolute atomic E-state index is 0.203. The molecule has 0 saturated carbocycles. The predicted octanol–water partition coefficient (Wildman–Crippen LogP) is 4.16. The number of carbonyl (C=O) groups excluding carboxylic acids is 1. The second-order valence-electron chi connectivity index (χ2n) is 7.06. The van der Waals surface area contributed by atoms with Crippen LogP contribution in [0.2, 0.25) is 0 Å². The molecule has 0 amide bonds. The highest BCUT2D eigenvalue weighted by atomic mass is 32.1. The van der Waals surface area contributed by atoms with E-state index >= 15 is 0 Å². The summed E-state index contributed by atoms with van der Waals surface area (Å²) < 4.78 is 0. The summed E-state index contributed by atoms with van der Waals surface area (Å²) in [6.45, 7) is 13.7. The van der Waals surface area contributed by atoms with E-state index < -0.39 is 0 Å². The van der Waals surface area contributed by atoms with Crippen molar-refractivity contribution in [3.63, 3.8) is 0 Å². The Kier molecular flexibility index (Phi) is 4.17. The van der Waals surface area contributed by atoms with E-state index in [1.807, 2.05) is 0 Å². The Morgan fingerprint density at radius 1 is 1.47 bits per heavy atom. The number of hydrogen-bond donors (Lipinski definition) is 0. The van der Waals surface area contributed by atoms with E-state index in [-0.39, 0.29) is 5.41 Å². The first-order valence-electron chi connectivity index (χ1n) is 7.14. The van der Waals surface area contributed by atoms with Crippen molar-refractivity contribution in [2.45, 2.75) is 47.1 Å². The molecule has 0 bridgehead atoms. The van der Waals surface area contributed by atoms with Gasteiger partial charge in [0.25, 0.3) is 0 Å². The molecule has 0 N–H and O–H groups in total. The fraction of sp³-hybridized carbons (Fsp3) is 0.688. The smallest absolute Gasteiger partial charge is 0.160 e. The van der Waals surface area contributed by atoms with Crippen LogP contribution in [0.25, 0.3) is 0 Å². The molecular weight excluding hydrogens is 254 g/mol. The number of thiophene rings is 1. The van der Waals surface area contributed by atoms with Gasteiger partial charge in [-0.3, -0.25) is 9.69 Å². The standard InChI is InChI=1S/C16H25NOS/c1-11(2)9-17-7-6-12-8-13(10-18)19-14(12)15(17)16(3,4)5/h8,10-11,15H,6-7,9H2,1-5H3. The molecule has 1 atom stereocenters. The van der Waals surface area contributed by atoms with Gasteiger partial charge in [0.05, 0.1) is 4.88 Å². The van der Waals surface area contributed by atoms with Crippen molar-refractivity contribution in [1.29, 1.82) is 0 Å². The Hall–Kier alpha value is -0.670. The molecule has 2 rings (SSSR count). The van der Waals surface area contributed by atoms with E-state index in [0.717, 1.165) is 30.7 Å². The maximum absolute atomic E-state index is 11.0. The molecule has 0 saturated heterocycles. The van der Waals surface area contributed by atoms with E-state index in [0.29, 0.717) is 12.0 Å². The van der Waals surface area contributed by atoms with E-state index in [2.05, 4.69) is 45.6 Å². The molecule has 0 fully saturated rings. The van der Waals surface area contributed by atoms with Crippen molar-refractivity contribution in [1.82, 2.24) is 4.90 Å². The van der Waals surface area contributed by atoms with Crippen molar-refractivity contribution in [3.8, 4) is 0 Å². The van der Waals surface area contributed by atoms with Crippen LogP contribution in [0.4, 0.5) is 0 Å². The van der Waals surface area contributed by atoms with Gasteiger partial charge < -0.3 is 0 Å². The van der Waals surface area contributed by atoms with Crippen LogP contribution < -0.4 is 0 Å². The third-order valence-electron chi connectivity index (χ3n) is 3.68. The molecule has 106 valence electrons. The first kappa shape index (κ1) is 14.7. The second-order valence-corrected chi connectivity index (χ2v) is 8.18. The van der Waals surface area contributed by atoms with Gasteiger partial charge in [-0.25, -0.2) is 0 Å². The Morgan fingerprint density at radius 2 is 2.16 bits per heavy atom. The summed E-state index contributed by atoms with van der Waals surface area (Å²) >= 11 is 1.69. The van der Waals surface area contributed by atoms with Crippen LogP contribution in [0.1, 0.15) is 60.8 Å². The topological polar surface area (TPSA) is 20.3 Å². The fourth-order valence-electron chi connectivity index (χ4n) is 3.12. The lowest BCUT2D eigenvalue weighted by atomic mass is 9.81. The Bertz CT molecular complexity index is 456. The summed E-state index contributed by atoms with van der Waals surface area (Å²) in [6.07, 6.45) is 2.08. The third kappa shape index (κ3) is 3.09. The van der Waals surface area contributed by atoms with Gasteiger partial charge >= 0.3 is 0 Å². The lowest BCUT2D eigenvalue weighted by molar-refractivity contribution is 0.0809. The predicted molar refractivity (Wildman–Crippen MR) is 82.0 cm³/mol. The lowest BCUT2D eigenvalue weighted by Crippen LogP contribution is -2.42. The zero-order valence-electron chi connectivity index (χ0n) is 12.7. The van der Waals surface area contributed by atoms with Gasteiger partial charge in [0.1, 0.15) is 0 Å². The van der Waals surface area contributed by atoms with Crippen molar-refractivity contribution in [2.75, 3.05) is 13.1 Å². The monoisotopic (exact) mass is 279 g/mol. The zero-order valence-corrected chi connectivity index (χ0v) is 13.5. The van der Waals surface area contributed by atoms with Crippen molar-refractivity contribution < 1.29 is 4.79 Å². The largest absolute Gasteiger partial charge is 0.297 e. The first-order valence-corrected chi connectivity index (χ1v) is 7.96. The van der Waals surface area contributed by atoms with Gasteiger partial charge in [-0.15, -0.1) is 11.3 Å². The normalized spacial score (nSPS) is 20.6. The first-order chi connectivity index (χ1) is 8.82. The SMILES string of the molecule is CC(C)CN1CCc2cc(C=O)sc2C1C(C)(C)C. The number of fused-ring (bicyclic) bond motifs is 1. The Balaban J connectivity index is 2.39.